The number of nitrogen functional groups attached to an aromatic ring is 2. The van der Waals surface area contributed by atoms with Gasteiger partial charge in [0.1, 0.15) is 16.6 Å². The zero-order valence-corrected chi connectivity index (χ0v) is 18.1. The summed E-state index contributed by atoms with van der Waals surface area (Å²) in [5.41, 5.74) is 12.5. The molecule has 2 aliphatic heterocycles. The van der Waals surface area contributed by atoms with E-state index in [2.05, 4.69) is 10.4 Å². The first-order valence-corrected chi connectivity index (χ1v) is 11.3. The number of nitrogens with zero attached hydrogens (tertiary/aromatic N) is 3. The fourth-order valence-electron chi connectivity index (χ4n) is 5.04. The molecule has 2 aromatic heterocycles. The fourth-order valence-corrected chi connectivity index (χ4v) is 5.96. The van der Waals surface area contributed by atoms with E-state index in [0.29, 0.717) is 32.6 Å². The predicted molar refractivity (Wildman–Crippen MR) is 122 cm³/mol. The van der Waals surface area contributed by atoms with Crippen molar-refractivity contribution in [1.29, 1.82) is 0 Å². The van der Waals surface area contributed by atoms with E-state index in [1.54, 1.807) is 4.90 Å². The number of halogens is 3. The lowest BCUT2D eigenvalue weighted by molar-refractivity contribution is 0.0613. The minimum Gasteiger partial charge on any atom is -0.396 e. The molecule has 5 N–H and O–H groups in total. The first-order chi connectivity index (χ1) is 15.9. The summed E-state index contributed by atoms with van der Waals surface area (Å²) in [4.78, 5) is 15.1. The Hall–Kier alpha value is -3.31. The van der Waals surface area contributed by atoms with E-state index in [-0.39, 0.29) is 60.3 Å². The van der Waals surface area contributed by atoms with Gasteiger partial charge in [-0.25, -0.2) is 8.78 Å². The molecule has 4 heterocycles. The van der Waals surface area contributed by atoms with E-state index in [1.165, 1.54) is 16.8 Å². The topological polar surface area (TPSA) is 102 Å². The van der Waals surface area contributed by atoms with Crippen LogP contribution in [0, 0.1) is 17.6 Å². The SMILES string of the molecule is Nc1sc2c(F)ccc(-c3c(F)cc4c5c3c(F)nn5CC[C@@H]3CNCCN3C4=O)c2c1N. The number of aromatic nitrogens is 2. The molecule has 170 valence electrons. The Morgan fingerprint density at radius 2 is 1.91 bits per heavy atom. The zero-order valence-electron chi connectivity index (χ0n) is 17.3. The van der Waals surface area contributed by atoms with Crippen LogP contribution in [0.4, 0.5) is 23.9 Å². The van der Waals surface area contributed by atoms with Crippen LogP contribution in [0.5, 0.6) is 0 Å². The van der Waals surface area contributed by atoms with Crippen molar-refractivity contribution in [2.45, 2.75) is 19.0 Å². The Morgan fingerprint density at radius 3 is 2.73 bits per heavy atom. The van der Waals surface area contributed by atoms with Crippen molar-refractivity contribution in [3.63, 3.8) is 0 Å². The van der Waals surface area contributed by atoms with Crippen molar-refractivity contribution in [1.82, 2.24) is 20.0 Å². The van der Waals surface area contributed by atoms with Crippen molar-refractivity contribution >= 4 is 48.9 Å². The maximum Gasteiger partial charge on any atom is 0.256 e. The summed E-state index contributed by atoms with van der Waals surface area (Å²) < 4.78 is 47.1. The number of anilines is 2. The molecule has 1 atom stereocenters. The van der Waals surface area contributed by atoms with E-state index >= 15 is 8.78 Å². The van der Waals surface area contributed by atoms with Crippen molar-refractivity contribution in [3.05, 3.63) is 41.3 Å². The first kappa shape index (κ1) is 20.3. The summed E-state index contributed by atoms with van der Waals surface area (Å²) in [6.07, 6.45) is 0.579. The highest BCUT2D eigenvalue weighted by atomic mass is 32.1. The molecule has 33 heavy (non-hydrogen) atoms. The number of amides is 1. The Labute approximate surface area is 189 Å². The van der Waals surface area contributed by atoms with E-state index < -0.39 is 17.6 Å². The molecule has 1 saturated heterocycles. The standard InChI is InChI=1S/C22H19F3N6OS/c23-12-2-1-10(15-17(26)21(27)33-19(12)15)14-13(24)7-11-18-16(14)20(25)29-31(18)5-3-9-8-28-4-6-30(9)22(11)32/h1-2,7,9,28H,3-6,8,26-27H2/t9-/m1/s1. The average molecular weight is 472 g/mol. The van der Waals surface area contributed by atoms with Gasteiger partial charge in [0.2, 0.25) is 5.95 Å². The molecule has 4 aromatic rings. The number of thiophene rings is 1. The van der Waals surface area contributed by atoms with Crippen LogP contribution in [0.1, 0.15) is 16.8 Å². The maximum atomic E-state index is 15.7. The molecule has 0 radical (unpaired) electrons. The highest BCUT2D eigenvalue weighted by Gasteiger charge is 2.34. The van der Waals surface area contributed by atoms with Crippen LogP contribution in [0.25, 0.3) is 32.1 Å². The lowest BCUT2D eigenvalue weighted by Gasteiger charge is -2.37. The summed E-state index contributed by atoms with van der Waals surface area (Å²) in [6.45, 7) is 2.09. The van der Waals surface area contributed by atoms with Gasteiger partial charge in [0.25, 0.3) is 5.91 Å². The third-order valence-corrected chi connectivity index (χ3v) is 7.61. The molecule has 2 aromatic carbocycles. The van der Waals surface area contributed by atoms with Gasteiger partial charge in [0.05, 0.1) is 26.9 Å². The van der Waals surface area contributed by atoms with Gasteiger partial charge in [0, 0.05) is 43.2 Å². The second-order valence-corrected chi connectivity index (χ2v) is 9.39. The van der Waals surface area contributed by atoms with Crippen molar-refractivity contribution in [3.8, 4) is 11.1 Å². The summed E-state index contributed by atoms with van der Waals surface area (Å²) in [6, 6.07) is 3.57. The number of rotatable bonds is 1. The van der Waals surface area contributed by atoms with Gasteiger partial charge in [-0.1, -0.05) is 6.07 Å². The number of carbonyl (C=O) groups excluding carboxylic acids is 1. The van der Waals surface area contributed by atoms with Gasteiger partial charge >= 0.3 is 0 Å². The molecule has 11 heteroatoms. The van der Waals surface area contributed by atoms with Gasteiger partial charge in [0.15, 0.2) is 0 Å². The van der Waals surface area contributed by atoms with Crippen molar-refractivity contribution < 1.29 is 18.0 Å². The van der Waals surface area contributed by atoms with Crippen LogP contribution in [0.3, 0.4) is 0 Å². The number of carbonyl (C=O) groups is 1. The third kappa shape index (κ3) is 2.78. The van der Waals surface area contributed by atoms with Gasteiger partial charge in [-0.15, -0.1) is 16.4 Å². The van der Waals surface area contributed by atoms with Crippen LogP contribution >= 0.6 is 11.3 Å². The minimum absolute atomic E-state index is 0.0606. The van der Waals surface area contributed by atoms with Crippen LogP contribution in [0.2, 0.25) is 0 Å². The number of hydrogen-bond acceptors (Lipinski definition) is 6. The maximum absolute atomic E-state index is 15.7. The Kier molecular flexibility index (Phi) is 4.36. The van der Waals surface area contributed by atoms with Gasteiger partial charge in [-0.3, -0.25) is 9.48 Å². The Morgan fingerprint density at radius 1 is 1.09 bits per heavy atom. The van der Waals surface area contributed by atoms with E-state index in [9.17, 15) is 9.18 Å². The minimum atomic E-state index is -0.897. The van der Waals surface area contributed by atoms with Crippen molar-refractivity contribution in [2.75, 3.05) is 31.1 Å². The molecule has 0 unspecified atom stereocenters. The lowest BCUT2D eigenvalue weighted by Crippen LogP contribution is -2.54. The molecule has 6 rings (SSSR count). The number of aryl methyl sites for hydroxylation is 1. The fraction of sp³-hybridized carbons (Fsp3) is 0.273. The van der Waals surface area contributed by atoms with E-state index in [1.807, 2.05) is 0 Å². The summed E-state index contributed by atoms with van der Waals surface area (Å²) in [5, 5.41) is 7.55. The van der Waals surface area contributed by atoms with Crippen LogP contribution in [-0.4, -0.2) is 46.3 Å². The van der Waals surface area contributed by atoms with E-state index in [4.69, 9.17) is 11.5 Å². The number of hydrogen-bond donors (Lipinski definition) is 3. The summed E-state index contributed by atoms with van der Waals surface area (Å²) >= 11 is 0.947. The van der Waals surface area contributed by atoms with Gasteiger partial charge in [-0.05, 0) is 24.1 Å². The highest BCUT2D eigenvalue weighted by molar-refractivity contribution is 7.23. The number of benzene rings is 2. The number of fused-ring (bicyclic) bond motifs is 2. The Bertz CT molecular complexity index is 1480. The quantitative estimate of drug-likeness (QED) is 0.395. The lowest BCUT2D eigenvalue weighted by atomic mass is 9.94. The molecule has 0 spiro atoms. The molecule has 0 aliphatic carbocycles. The summed E-state index contributed by atoms with van der Waals surface area (Å²) in [7, 11) is 0. The van der Waals surface area contributed by atoms with Crippen LogP contribution in [-0.2, 0) is 6.54 Å². The number of piperazine rings is 1. The largest absolute Gasteiger partial charge is 0.396 e. The monoisotopic (exact) mass is 472 g/mol. The molecular weight excluding hydrogens is 453 g/mol. The van der Waals surface area contributed by atoms with Crippen LogP contribution in [0.15, 0.2) is 18.2 Å². The average Bonchev–Trinajstić information content (AvgIpc) is 3.29. The number of nitrogens with two attached hydrogens (primary N) is 2. The third-order valence-electron chi connectivity index (χ3n) is 6.57. The van der Waals surface area contributed by atoms with Crippen LogP contribution < -0.4 is 16.8 Å². The number of nitrogens with one attached hydrogen (secondary N) is 1. The molecule has 7 nitrogen and oxygen atoms in total. The molecule has 0 saturated carbocycles. The van der Waals surface area contributed by atoms with E-state index in [0.717, 1.165) is 17.4 Å². The molecular formula is C22H19F3N6OS. The second-order valence-electron chi connectivity index (χ2n) is 8.34. The first-order valence-electron chi connectivity index (χ1n) is 10.5. The predicted octanol–water partition coefficient (Wildman–Crippen LogP) is 3.32. The smallest absolute Gasteiger partial charge is 0.256 e. The molecule has 1 fully saturated rings. The second kappa shape index (κ2) is 7.09. The van der Waals surface area contributed by atoms with Crippen molar-refractivity contribution in [2.24, 2.45) is 0 Å². The Balaban J connectivity index is 1.68. The normalized spacial score (nSPS) is 18.6. The summed E-state index contributed by atoms with van der Waals surface area (Å²) in [5.74, 6) is -2.62. The molecule has 0 bridgehead atoms. The molecule has 1 amide bonds. The van der Waals surface area contributed by atoms with Gasteiger partial charge in [-0.2, -0.15) is 4.39 Å². The zero-order chi connectivity index (χ0) is 23.0. The highest BCUT2D eigenvalue weighted by Crippen LogP contribution is 2.46. The van der Waals surface area contributed by atoms with Gasteiger partial charge < -0.3 is 21.7 Å². The molecule has 2 aliphatic rings.